The molecule has 39 heavy (non-hydrogen) atoms. The second-order valence-electron chi connectivity index (χ2n) is 9.09. The van der Waals surface area contributed by atoms with E-state index >= 15 is 0 Å². The molecule has 0 bridgehead atoms. The van der Waals surface area contributed by atoms with Crippen LogP contribution in [0.5, 0.6) is 11.5 Å². The summed E-state index contributed by atoms with van der Waals surface area (Å²) in [6, 6.07) is 18.9. The van der Waals surface area contributed by atoms with E-state index in [0.717, 1.165) is 39.4 Å². The molecular weight excluding hydrogens is 509 g/mol. The first-order valence-electron chi connectivity index (χ1n) is 12.0. The molecule has 0 amide bonds. The number of halogens is 3. The molecule has 196 valence electrons. The van der Waals surface area contributed by atoms with Gasteiger partial charge < -0.3 is 14.0 Å². The van der Waals surface area contributed by atoms with Gasteiger partial charge in [-0.15, -0.1) is 0 Å². The Morgan fingerprint density at radius 2 is 1.74 bits per heavy atom. The minimum absolute atomic E-state index is 0.00521. The van der Waals surface area contributed by atoms with Crippen molar-refractivity contribution in [2.45, 2.75) is 20.0 Å². The fourth-order valence-corrected chi connectivity index (χ4v) is 4.71. The van der Waals surface area contributed by atoms with Crippen LogP contribution in [0.25, 0.3) is 28.0 Å². The van der Waals surface area contributed by atoms with Gasteiger partial charge >= 0.3 is 6.18 Å². The maximum absolute atomic E-state index is 13.5. The number of benzene rings is 3. The van der Waals surface area contributed by atoms with E-state index in [2.05, 4.69) is 10.1 Å². The quantitative estimate of drug-likeness (QED) is 0.263. The largest absolute Gasteiger partial charge is 0.454 e. The standard InChI is InChI=1S/C29H21F3N4O3/c1-17-12-20(18(2)35(17)22-10-11-25-26(14-22)39-16-38-25)15-33-36-27(19-6-5-7-21(13-19)29(30,31)32)34-24-9-4-3-8-23(24)28(36)37/h3-15H,16H2,1-2H3. The van der Waals surface area contributed by atoms with Crippen LogP contribution in [0.15, 0.2) is 82.7 Å². The van der Waals surface area contributed by atoms with E-state index < -0.39 is 17.3 Å². The molecule has 0 N–H and O–H groups in total. The summed E-state index contributed by atoms with van der Waals surface area (Å²) in [6.07, 6.45) is -3.03. The van der Waals surface area contributed by atoms with Gasteiger partial charge in [0.25, 0.3) is 5.56 Å². The predicted octanol–water partition coefficient (Wildman–Crippen LogP) is 6.10. The maximum atomic E-state index is 13.5. The van der Waals surface area contributed by atoms with Crippen molar-refractivity contribution in [3.05, 3.63) is 106 Å². The molecule has 3 aromatic carbocycles. The second kappa shape index (κ2) is 9.16. The number of nitrogens with zero attached hydrogens (tertiary/aromatic N) is 4. The molecule has 3 heterocycles. The highest BCUT2D eigenvalue weighted by Crippen LogP contribution is 2.35. The number of alkyl halides is 3. The van der Waals surface area contributed by atoms with Crippen LogP contribution in [-0.4, -0.2) is 27.2 Å². The van der Waals surface area contributed by atoms with E-state index in [1.54, 1.807) is 24.3 Å². The molecule has 0 atom stereocenters. The van der Waals surface area contributed by atoms with Gasteiger partial charge in [-0.05, 0) is 56.3 Å². The lowest BCUT2D eigenvalue weighted by Crippen LogP contribution is -2.20. The molecule has 0 spiro atoms. The van der Waals surface area contributed by atoms with Crippen molar-refractivity contribution < 1.29 is 22.6 Å². The topological polar surface area (TPSA) is 70.6 Å². The lowest BCUT2D eigenvalue weighted by molar-refractivity contribution is -0.137. The smallest absolute Gasteiger partial charge is 0.416 e. The van der Waals surface area contributed by atoms with E-state index in [4.69, 9.17) is 9.47 Å². The first kappa shape index (κ1) is 24.5. The highest BCUT2D eigenvalue weighted by molar-refractivity contribution is 5.83. The summed E-state index contributed by atoms with van der Waals surface area (Å²) >= 11 is 0. The first-order valence-corrected chi connectivity index (χ1v) is 12.0. The number of aromatic nitrogens is 3. The van der Waals surface area contributed by atoms with Crippen LogP contribution in [0.4, 0.5) is 13.2 Å². The first-order chi connectivity index (χ1) is 18.7. The van der Waals surface area contributed by atoms with E-state index in [1.165, 1.54) is 18.3 Å². The van der Waals surface area contributed by atoms with Gasteiger partial charge in [0.15, 0.2) is 17.3 Å². The van der Waals surface area contributed by atoms with E-state index in [-0.39, 0.29) is 18.2 Å². The molecular formula is C29H21F3N4O3. The lowest BCUT2D eigenvalue weighted by Gasteiger charge is -2.12. The van der Waals surface area contributed by atoms with Crippen molar-refractivity contribution in [1.29, 1.82) is 0 Å². The number of hydrogen-bond donors (Lipinski definition) is 0. The third-order valence-corrected chi connectivity index (χ3v) is 6.60. The summed E-state index contributed by atoms with van der Waals surface area (Å²) in [5.41, 5.74) is 2.49. The molecule has 0 saturated carbocycles. The zero-order valence-corrected chi connectivity index (χ0v) is 20.9. The van der Waals surface area contributed by atoms with E-state index in [9.17, 15) is 18.0 Å². The summed E-state index contributed by atoms with van der Waals surface area (Å²) in [7, 11) is 0. The van der Waals surface area contributed by atoms with Gasteiger partial charge in [0.05, 0.1) is 22.7 Å². The van der Waals surface area contributed by atoms with Crippen molar-refractivity contribution in [2.75, 3.05) is 6.79 Å². The Hall–Kier alpha value is -4.86. The molecule has 0 saturated heterocycles. The molecule has 1 aliphatic rings. The molecule has 0 fully saturated rings. The van der Waals surface area contributed by atoms with Gasteiger partial charge in [0, 0.05) is 34.3 Å². The Kier molecular flexibility index (Phi) is 5.75. The predicted molar refractivity (Wildman–Crippen MR) is 141 cm³/mol. The number of aryl methyl sites for hydroxylation is 1. The van der Waals surface area contributed by atoms with Crippen LogP contribution in [-0.2, 0) is 6.18 Å². The summed E-state index contributed by atoms with van der Waals surface area (Å²) in [6.45, 7) is 4.02. The monoisotopic (exact) mass is 530 g/mol. The van der Waals surface area contributed by atoms with Gasteiger partial charge in [-0.3, -0.25) is 4.79 Å². The zero-order valence-electron chi connectivity index (χ0n) is 20.9. The Labute approximate surface area is 220 Å². The van der Waals surface area contributed by atoms with E-state index in [1.807, 2.05) is 42.7 Å². The highest BCUT2D eigenvalue weighted by Gasteiger charge is 2.31. The summed E-state index contributed by atoms with van der Waals surface area (Å²) in [5.74, 6) is 1.33. The van der Waals surface area contributed by atoms with Gasteiger partial charge in [-0.2, -0.15) is 22.9 Å². The summed E-state index contributed by atoms with van der Waals surface area (Å²) in [5, 5.41) is 4.74. The van der Waals surface area contributed by atoms with Gasteiger partial charge in [-0.1, -0.05) is 24.3 Å². The maximum Gasteiger partial charge on any atom is 0.416 e. The molecule has 0 radical (unpaired) electrons. The Balaban J connectivity index is 1.47. The average Bonchev–Trinajstić information content (AvgIpc) is 3.50. The third-order valence-electron chi connectivity index (χ3n) is 6.60. The van der Waals surface area contributed by atoms with Crippen LogP contribution in [0.1, 0.15) is 22.5 Å². The second-order valence-corrected chi connectivity index (χ2v) is 9.09. The minimum atomic E-state index is -4.55. The molecule has 10 heteroatoms. The van der Waals surface area contributed by atoms with Gasteiger partial charge in [-0.25, -0.2) is 4.98 Å². The van der Waals surface area contributed by atoms with Crippen molar-refractivity contribution in [1.82, 2.24) is 14.2 Å². The zero-order chi connectivity index (χ0) is 27.3. The third kappa shape index (κ3) is 4.33. The van der Waals surface area contributed by atoms with Crippen molar-refractivity contribution >= 4 is 17.1 Å². The summed E-state index contributed by atoms with van der Waals surface area (Å²) in [4.78, 5) is 18.0. The molecule has 0 aliphatic carbocycles. The average molecular weight is 531 g/mol. The molecule has 0 unspecified atom stereocenters. The Morgan fingerprint density at radius 3 is 2.56 bits per heavy atom. The number of ether oxygens (including phenoxy) is 2. The number of hydrogen-bond acceptors (Lipinski definition) is 5. The molecule has 6 rings (SSSR count). The Bertz CT molecular complexity index is 1840. The normalized spacial score (nSPS) is 13.1. The van der Waals surface area contributed by atoms with Crippen LogP contribution in [0.2, 0.25) is 0 Å². The van der Waals surface area contributed by atoms with Crippen LogP contribution in [0, 0.1) is 13.8 Å². The fourth-order valence-electron chi connectivity index (χ4n) is 4.71. The van der Waals surface area contributed by atoms with Crippen LogP contribution >= 0.6 is 0 Å². The molecule has 5 aromatic rings. The van der Waals surface area contributed by atoms with Crippen LogP contribution in [0.3, 0.4) is 0 Å². The van der Waals surface area contributed by atoms with Crippen molar-refractivity contribution in [3.63, 3.8) is 0 Å². The molecule has 2 aromatic heterocycles. The lowest BCUT2D eigenvalue weighted by atomic mass is 10.1. The van der Waals surface area contributed by atoms with E-state index in [0.29, 0.717) is 22.4 Å². The highest BCUT2D eigenvalue weighted by atomic mass is 19.4. The number of fused-ring (bicyclic) bond motifs is 2. The number of rotatable bonds is 4. The fraction of sp³-hybridized carbons (Fsp3) is 0.138. The number of para-hydroxylation sites is 1. The van der Waals surface area contributed by atoms with Crippen molar-refractivity contribution in [3.8, 4) is 28.6 Å². The SMILES string of the molecule is Cc1cc(C=Nn2c(-c3cccc(C(F)(F)F)c3)nc3ccccc3c2=O)c(C)n1-c1ccc2c(c1)OCO2. The van der Waals surface area contributed by atoms with Crippen LogP contribution < -0.4 is 15.0 Å². The minimum Gasteiger partial charge on any atom is -0.454 e. The van der Waals surface area contributed by atoms with Crippen molar-refractivity contribution in [2.24, 2.45) is 5.10 Å². The molecule has 7 nitrogen and oxygen atoms in total. The Morgan fingerprint density at radius 1 is 0.949 bits per heavy atom. The van der Waals surface area contributed by atoms with Gasteiger partial charge in [0.1, 0.15) is 0 Å². The summed E-state index contributed by atoms with van der Waals surface area (Å²) < 4.78 is 54.3. The van der Waals surface area contributed by atoms with Gasteiger partial charge in [0.2, 0.25) is 6.79 Å². The molecule has 1 aliphatic heterocycles.